The molecule has 1 aliphatic rings. The summed E-state index contributed by atoms with van der Waals surface area (Å²) in [6.45, 7) is 5.89. The van der Waals surface area contributed by atoms with Crippen molar-refractivity contribution in [1.82, 2.24) is 5.32 Å². The van der Waals surface area contributed by atoms with E-state index in [4.69, 9.17) is 0 Å². The molecule has 0 saturated heterocycles. The fourth-order valence-corrected chi connectivity index (χ4v) is 3.65. The highest BCUT2D eigenvalue weighted by Crippen LogP contribution is 2.27. The fourth-order valence-electron chi connectivity index (χ4n) is 2.82. The zero-order valence-corrected chi connectivity index (χ0v) is 12.8. The summed E-state index contributed by atoms with van der Waals surface area (Å²) < 4.78 is 0. The highest BCUT2D eigenvalue weighted by Gasteiger charge is 2.21. The summed E-state index contributed by atoms with van der Waals surface area (Å²) in [5.41, 5.74) is 0. The van der Waals surface area contributed by atoms with Gasteiger partial charge >= 0.3 is 0 Å². The van der Waals surface area contributed by atoms with E-state index in [1.54, 1.807) is 0 Å². The van der Waals surface area contributed by atoms with Crippen LogP contribution in [-0.2, 0) is 0 Å². The van der Waals surface area contributed by atoms with Crippen LogP contribution < -0.4 is 5.32 Å². The van der Waals surface area contributed by atoms with Gasteiger partial charge in [0, 0.05) is 11.3 Å². The van der Waals surface area contributed by atoms with E-state index in [9.17, 15) is 0 Å². The number of unbranched alkanes of at least 4 members (excludes halogenated alkanes) is 1. The Morgan fingerprint density at radius 2 is 2.12 bits per heavy atom. The topological polar surface area (TPSA) is 12.0 Å². The molecule has 1 nitrogen and oxygen atoms in total. The van der Waals surface area contributed by atoms with Crippen LogP contribution in [0.5, 0.6) is 0 Å². The maximum atomic E-state index is 3.83. The van der Waals surface area contributed by atoms with Crippen molar-refractivity contribution in [1.29, 1.82) is 0 Å². The Morgan fingerprint density at radius 1 is 1.29 bits per heavy atom. The summed E-state index contributed by atoms with van der Waals surface area (Å²) in [4.78, 5) is 0. The lowest BCUT2D eigenvalue weighted by Crippen LogP contribution is -2.37. The average molecular weight is 257 g/mol. The molecule has 1 fully saturated rings. The lowest BCUT2D eigenvalue weighted by atomic mass is 9.93. The second kappa shape index (κ2) is 9.27. The number of hydrogen-bond acceptors (Lipinski definition) is 2. The highest BCUT2D eigenvalue weighted by atomic mass is 32.2. The first-order valence-electron chi connectivity index (χ1n) is 7.56. The van der Waals surface area contributed by atoms with Gasteiger partial charge in [0.2, 0.25) is 0 Å². The van der Waals surface area contributed by atoms with Gasteiger partial charge in [0.15, 0.2) is 0 Å². The Bertz CT molecular complexity index is 184. The van der Waals surface area contributed by atoms with E-state index in [0.29, 0.717) is 0 Å². The standard InChI is InChI=1S/C15H31NS/c1-4-6-8-13(5-2)12-16-14-9-7-10-15(11-14)17-3/h13-16H,4-12H2,1-3H3. The lowest BCUT2D eigenvalue weighted by molar-refractivity contribution is 0.336. The van der Waals surface area contributed by atoms with E-state index in [1.807, 2.05) is 0 Å². The smallest absolute Gasteiger partial charge is 0.00777 e. The molecule has 0 aromatic rings. The van der Waals surface area contributed by atoms with Gasteiger partial charge in [-0.1, -0.05) is 39.5 Å². The first kappa shape index (κ1) is 15.4. The number of thioether (sulfide) groups is 1. The van der Waals surface area contributed by atoms with E-state index < -0.39 is 0 Å². The summed E-state index contributed by atoms with van der Waals surface area (Å²) in [6.07, 6.45) is 13.4. The van der Waals surface area contributed by atoms with Gasteiger partial charge in [-0.25, -0.2) is 0 Å². The molecule has 0 aromatic carbocycles. The molecule has 1 rings (SSSR count). The Labute approximate surface area is 113 Å². The molecule has 0 radical (unpaired) electrons. The molecular formula is C15H31NS. The zero-order valence-electron chi connectivity index (χ0n) is 12.0. The van der Waals surface area contributed by atoms with Crippen LogP contribution in [0.2, 0.25) is 0 Å². The van der Waals surface area contributed by atoms with E-state index in [2.05, 4.69) is 37.2 Å². The van der Waals surface area contributed by atoms with Crippen LogP contribution in [0.25, 0.3) is 0 Å². The van der Waals surface area contributed by atoms with Gasteiger partial charge in [0.1, 0.15) is 0 Å². The quantitative estimate of drug-likeness (QED) is 0.688. The van der Waals surface area contributed by atoms with Crippen LogP contribution in [-0.4, -0.2) is 24.1 Å². The van der Waals surface area contributed by atoms with Crippen LogP contribution in [0.1, 0.15) is 65.2 Å². The number of nitrogens with one attached hydrogen (secondary N) is 1. The molecule has 0 aromatic heterocycles. The zero-order chi connectivity index (χ0) is 12.5. The molecule has 0 heterocycles. The third-order valence-electron chi connectivity index (χ3n) is 4.20. The maximum Gasteiger partial charge on any atom is 0.00777 e. The SMILES string of the molecule is CCCCC(CC)CNC1CCCC(SC)C1. The fraction of sp³-hybridized carbons (Fsp3) is 1.00. The van der Waals surface area contributed by atoms with Gasteiger partial charge in [0.25, 0.3) is 0 Å². The summed E-state index contributed by atoms with van der Waals surface area (Å²) in [5, 5.41) is 4.75. The van der Waals surface area contributed by atoms with Gasteiger partial charge in [-0.3, -0.25) is 0 Å². The largest absolute Gasteiger partial charge is 0.314 e. The van der Waals surface area contributed by atoms with Gasteiger partial charge in [-0.2, -0.15) is 11.8 Å². The molecule has 0 bridgehead atoms. The van der Waals surface area contributed by atoms with Gasteiger partial charge in [0.05, 0.1) is 0 Å². The first-order valence-corrected chi connectivity index (χ1v) is 8.85. The van der Waals surface area contributed by atoms with Crippen molar-refractivity contribution < 1.29 is 0 Å². The Balaban J connectivity index is 2.18. The average Bonchev–Trinajstić information content (AvgIpc) is 2.39. The Kier molecular flexibility index (Phi) is 8.38. The minimum atomic E-state index is 0.803. The van der Waals surface area contributed by atoms with Crippen molar-refractivity contribution in [2.24, 2.45) is 5.92 Å². The van der Waals surface area contributed by atoms with E-state index in [0.717, 1.165) is 17.2 Å². The van der Waals surface area contributed by atoms with E-state index in [-0.39, 0.29) is 0 Å². The Morgan fingerprint density at radius 3 is 2.76 bits per heavy atom. The summed E-state index contributed by atoms with van der Waals surface area (Å²) >= 11 is 2.06. The van der Waals surface area contributed by atoms with Crippen molar-refractivity contribution in [3.63, 3.8) is 0 Å². The van der Waals surface area contributed by atoms with E-state index in [1.165, 1.54) is 57.9 Å². The van der Waals surface area contributed by atoms with Crippen LogP contribution >= 0.6 is 11.8 Å². The van der Waals surface area contributed by atoms with Crippen LogP contribution in [0.15, 0.2) is 0 Å². The Hall–Kier alpha value is 0.310. The van der Waals surface area contributed by atoms with Crippen molar-refractivity contribution in [3.05, 3.63) is 0 Å². The van der Waals surface area contributed by atoms with Crippen LogP contribution in [0, 0.1) is 5.92 Å². The third-order valence-corrected chi connectivity index (χ3v) is 5.29. The molecule has 3 atom stereocenters. The maximum absolute atomic E-state index is 3.83. The molecule has 1 saturated carbocycles. The molecule has 0 aliphatic heterocycles. The molecule has 0 spiro atoms. The molecule has 3 unspecified atom stereocenters. The minimum absolute atomic E-state index is 0.803. The highest BCUT2D eigenvalue weighted by molar-refractivity contribution is 7.99. The second-order valence-electron chi connectivity index (χ2n) is 5.55. The van der Waals surface area contributed by atoms with Crippen molar-refractivity contribution in [3.8, 4) is 0 Å². The number of rotatable bonds is 8. The molecule has 17 heavy (non-hydrogen) atoms. The van der Waals surface area contributed by atoms with Crippen molar-refractivity contribution >= 4 is 11.8 Å². The summed E-state index contributed by atoms with van der Waals surface area (Å²) in [5.74, 6) is 0.907. The normalized spacial score (nSPS) is 27.0. The second-order valence-corrected chi connectivity index (χ2v) is 6.68. The van der Waals surface area contributed by atoms with E-state index >= 15 is 0 Å². The molecule has 102 valence electrons. The third kappa shape index (κ3) is 6.15. The van der Waals surface area contributed by atoms with Gasteiger partial charge < -0.3 is 5.32 Å². The van der Waals surface area contributed by atoms with Gasteiger partial charge in [-0.15, -0.1) is 0 Å². The van der Waals surface area contributed by atoms with Gasteiger partial charge in [-0.05, 0) is 44.4 Å². The van der Waals surface area contributed by atoms with Crippen LogP contribution in [0.3, 0.4) is 0 Å². The van der Waals surface area contributed by atoms with Crippen molar-refractivity contribution in [2.45, 2.75) is 76.5 Å². The first-order chi connectivity index (χ1) is 8.30. The molecular weight excluding hydrogens is 226 g/mol. The molecule has 2 heteroatoms. The predicted octanol–water partition coefficient (Wildman–Crippen LogP) is 4.47. The summed E-state index contributed by atoms with van der Waals surface area (Å²) in [6, 6.07) is 0.803. The predicted molar refractivity (Wildman–Crippen MR) is 80.9 cm³/mol. The minimum Gasteiger partial charge on any atom is -0.314 e. The van der Waals surface area contributed by atoms with Crippen LogP contribution in [0.4, 0.5) is 0 Å². The molecule has 1 aliphatic carbocycles. The van der Waals surface area contributed by atoms with Crippen molar-refractivity contribution in [2.75, 3.05) is 12.8 Å². The summed E-state index contributed by atoms with van der Waals surface area (Å²) in [7, 11) is 0. The lowest BCUT2D eigenvalue weighted by Gasteiger charge is -2.30. The molecule has 0 amide bonds. The molecule has 1 N–H and O–H groups in total. The number of hydrogen-bond donors (Lipinski definition) is 1. The monoisotopic (exact) mass is 257 g/mol.